The topological polar surface area (TPSA) is 129 Å². The number of rotatable bonds is 5. The monoisotopic (exact) mass is 221 g/mol. The van der Waals surface area contributed by atoms with Gasteiger partial charge in [-0.25, -0.2) is 0 Å². The van der Waals surface area contributed by atoms with Crippen molar-refractivity contribution >= 4 is 0 Å². The van der Waals surface area contributed by atoms with Crippen LogP contribution in [0.15, 0.2) is 0 Å². The minimum absolute atomic E-state index is 0.555. The molecule has 0 rings (SSSR count). The van der Waals surface area contributed by atoms with Crippen LogP contribution in [0, 0.1) is 30.3 Å². The highest BCUT2D eigenvalue weighted by Crippen LogP contribution is 2.32. The maximum absolute atomic E-state index is 10.7. The summed E-state index contributed by atoms with van der Waals surface area (Å²) in [6.07, 6.45) is -0.555. The summed E-state index contributed by atoms with van der Waals surface area (Å²) >= 11 is 0. The summed E-state index contributed by atoms with van der Waals surface area (Å²) in [6, 6.07) is 0. The van der Waals surface area contributed by atoms with Crippen molar-refractivity contribution in [1.29, 1.82) is 0 Å². The average Bonchev–Trinajstić information content (AvgIpc) is 2.03. The predicted molar refractivity (Wildman–Crippen MR) is 48.1 cm³/mol. The van der Waals surface area contributed by atoms with Crippen LogP contribution < -0.4 is 0 Å². The molecule has 86 valence electrons. The molecule has 9 nitrogen and oxygen atoms in total. The van der Waals surface area contributed by atoms with Crippen molar-refractivity contribution in [1.82, 2.24) is 0 Å². The lowest BCUT2D eigenvalue weighted by Gasteiger charge is -2.23. The molecular weight excluding hydrogens is 210 g/mol. The molecule has 9 heteroatoms. The molecule has 0 amide bonds. The normalized spacial score (nSPS) is 12.2. The van der Waals surface area contributed by atoms with Crippen LogP contribution in [-0.2, 0) is 0 Å². The van der Waals surface area contributed by atoms with Gasteiger partial charge in [-0.2, -0.15) is 0 Å². The summed E-state index contributed by atoms with van der Waals surface area (Å²) in [4.78, 5) is 28.6. The van der Waals surface area contributed by atoms with Crippen LogP contribution in [0.4, 0.5) is 0 Å². The summed E-state index contributed by atoms with van der Waals surface area (Å²) in [5.74, 6) is 0. The average molecular weight is 221 g/mol. The van der Waals surface area contributed by atoms with E-state index in [-0.39, 0.29) is 0 Å². The first-order valence-electron chi connectivity index (χ1n) is 4.08. The van der Waals surface area contributed by atoms with Gasteiger partial charge >= 0.3 is 11.2 Å². The first-order chi connectivity index (χ1) is 6.64. The molecule has 0 radical (unpaired) electrons. The minimum atomic E-state index is -2.80. The van der Waals surface area contributed by atoms with Crippen LogP contribution in [0.25, 0.3) is 0 Å². The molecular formula is C6H11N3O6. The maximum atomic E-state index is 10.7. The molecule has 0 aliphatic rings. The van der Waals surface area contributed by atoms with Crippen molar-refractivity contribution in [3.8, 4) is 0 Å². The van der Waals surface area contributed by atoms with E-state index in [1.54, 1.807) is 0 Å². The molecule has 0 saturated carbocycles. The summed E-state index contributed by atoms with van der Waals surface area (Å²) < 4.78 is 0. The number of nitrogens with zero attached hydrogens (tertiary/aromatic N) is 3. The Morgan fingerprint density at radius 3 is 1.33 bits per heavy atom. The molecule has 0 bridgehead atoms. The fraction of sp³-hybridized carbons (Fsp3) is 1.00. The third-order valence-corrected chi connectivity index (χ3v) is 2.53. The first-order valence-corrected chi connectivity index (χ1v) is 4.08. The van der Waals surface area contributed by atoms with Gasteiger partial charge in [-0.3, -0.25) is 30.3 Å². The number of hydrogen-bond donors (Lipinski definition) is 0. The highest BCUT2D eigenvalue weighted by molar-refractivity contribution is 4.85. The van der Waals surface area contributed by atoms with Crippen LogP contribution >= 0.6 is 0 Å². The van der Waals surface area contributed by atoms with E-state index in [1.807, 2.05) is 0 Å². The van der Waals surface area contributed by atoms with Crippen molar-refractivity contribution in [2.45, 2.75) is 38.4 Å². The van der Waals surface area contributed by atoms with Crippen molar-refractivity contribution < 1.29 is 14.8 Å². The van der Waals surface area contributed by atoms with Gasteiger partial charge in [0.25, 0.3) is 0 Å². The lowest BCUT2D eigenvalue weighted by molar-refractivity contribution is -0.849. The van der Waals surface area contributed by atoms with Crippen molar-refractivity contribution in [2.24, 2.45) is 0 Å². The molecule has 0 N–H and O–H groups in total. The van der Waals surface area contributed by atoms with Gasteiger partial charge in [-0.15, -0.1) is 0 Å². The van der Waals surface area contributed by atoms with E-state index in [4.69, 9.17) is 0 Å². The lowest BCUT2D eigenvalue weighted by Crippen LogP contribution is -2.64. The Labute approximate surface area is 84.5 Å². The van der Waals surface area contributed by atoms with E-state index in [0.717, 1.165) is 13.8 Å². The Kier molecular flexibility index (Phi) is 3.30. The van der Waals surface area contributed by atoms with Gasteiger partial charge in [0.1, 0.15) is 9.85 Å². The molecule has 0 aromatic rings. The predicted octanol–water partition coefficient (Wildman–Crippen LogP) is 0.701. The Bertz CT molecular complexity index is 298. The summed E-state index contributed by atoms with van der Waals surface area (Å²) in [7, 11) is 0. The molecule has 15 heavy (non-hydrogen) atoms. The van der Waals surface area contributed by atoms with Crippen molar-refractivity contribution in [3.63, 3.8) is 0 Å². The zero-order valence-corrected chi connectivity index (χ0v) is 8.50. The smallest absolute Gasteiger partial charge is 0.263 e. The Balaban J connectivity index is 5.77. The highest BCUT2D eigenvalue weighted by atomic mass is 16.7. The second kappa shape index (κ2) is 3.75. The molecule has 0 spiro atoms. The fourth-order valence-electron chi connectivity index (χ4n) is 1.35. The SMILES string of the molecule is CCC([N+](=O)[O-])([N+](=O)[O-])C(C)(C)[N+](=O)[O-]. The molecule has 0 aliphatic carbocycles. The third kappa shape index (κ3) is 1.60. The molecule has 0 saturated heterocycles. The molecule has 0 aromatic carbocycles. The van der Waals surface area contributed by atoms with Gasteiger partial charge in [0.05, 0.1) is 6.42 Å². The van der Waals surface area contributed by atoms with Crippen LogP contribution in [0.1, 0.15) is 27.2 Å². The van der Waals surface area contributed by atoms with Crippen LogP contribution in [0.5, 0.6) is 0 Å². The molecule has 0 aliphatic heterocycles. The van der Waals surface area contributed by atoms with E-state index in [0.29, 0.717) is 0 Å². The standard InChI is InChI=1S/C6H11N3O6/c1-4-6(8(12)13,9(14)15)5(2,3)7(10)11/h4H2,1-3H3. The Hall–Kier alpha value is -1.80. The quantitative estimate of drug-likeness (QED) is 0.381. The minimum Gasteiger partial charge on any atom is -0.263 e. The van der Waals surface area contributed by atoms with Gasteiger partial charge in [-0.05, 0) is 0 Å². The lowest BCUT2D eigenvalue weighted by atomic mass is 9.86. The number of nitro groups is 3. The highest BCUT2D eigenvalue weighted by Gasteiger charge is 2.74. The molecule has 0 aromatic heterocycles. The van der Waals surface area contributed by atoms with E-state index in [9.17, 15) is 30.3 Å². The van der Waals surface area contributed by atoms with Gasteiger partial charge in [-0.1, -0.05) is 6.92 Å². The summed E-state index contributed by atoms with van der Waals surface area (Å²) in [6.45, 7) is 2.93. The van der Waals surface area contributed by atoms with Crippen molar-refractivity contribution in [3.05, 3.63) is 30.3 Å². The van der Waals surface area contributed by atoms with E-state index < -0.39 is 32.4 Å². The maximum Gasteiger partial charge on any atom is 0.524 e. The van der Waals surface area contributed by atoms with E-state index in [1.165, 1.54) is 6.92 Å². The van der Waals surface area contributed by atoms with Gasteiger partial charge in [0.15, 0.2) is 0 Å². The van der Waals surface area contributed by atoms with Crippen LogP contribution in [0.2, 0.25) is 0 Å². The second-order valence-corrected chi connectivity index (χ2v) is 3.50. The van der Waals surface area contributed by atoms with Crippen LogP contribution in [-0.4, -0.2) is 26.0 Å². The van der Waals surface area contributed by atoms with Gasteiger partial charge < -0.3 is 0 Å². The van der Waals surface area contributed by atoms with E-state index >= 15 is 0 Å². The molecule has 0 atom stereocenters. The molecule has 0 heterocycles. The fourth-order valence-corrected chi connectivity index (χ4v) is 1.35. The largest absolute Gasteiger partial charge is 0.524 e. The van der Waals surface area contributed by atoms with Crippen LogP contribution in [0.3, 0.4) is 0 Å². The van der Waals surface area contributed by atoms with Gasteiger partial charge in [0.2, 0.25) is 0 Å². The number of hydrogen-bond acceptors (Lipinski definition) is 6. The zero-order chi connectivity index (χ0) is 12.4. The van der Waals surface area contributed by atoms with Crippen molar-refractivity contribution in [2.75, 3.05) is 0 Å². The summed E-state index contributed by atoms with van der Waals surface area (Å²) in [5, 5.41) is 32.0. The molecule has 0 fully saturated rings. The second-order valence-electron chi connectivity index (χ2n) is 3.50. The Morgan fingerprint density at radius 1 is 0.933 bits per heavy atom. The summed E-state index contributed by atoms with van der Waals surface area (Å²) in [5.41, 5.74) is -5.06. The molecule has 0 unspecified atom stereocenters. The first kappa shape index (κ1) is 13.2. The zero-order valence-electron chi connectivity index (χ0n) is 8.50. The van der Waals surface area contributed by atoms with E-state index in [2.05, 4.69) is 0 Å². The van der Waals surface area contributed by atoms with Gasteiger partial charge in [0, 0.05) is 18.8 Å². The third-order valence-electron chi connectivity index (χ3n) is 2.53. The Morgan fingerprint density at radius 2 is 1.27 bits per heavy atom.